The monoisotopic (exact) mass is 1130 g/mol. The quantitative estimate of drug-likeness (QED) is 0.0324. The summed E-state index contributed by atoms with van der Waals surface area (Å²) in [7, 11) is -0.545. The van der Waals surface area contributed by atoms with Gasteiger partial charge in [0.2, 0.25) is 33.7 Å². The van der Waals surface area contributed by atoms with Crippen LogP contribution in [-0.2, 0) is 69.1 Å². The average Bonchev–Trinajstić information content (AvgIpc) is 4.34. The predicted molar refractivity (Wildman–Crippen MR) is 309 cm³/mol. The van der Waals surface area contributed by atoms with Crippen molar-refractivity contribution in [3.63, 3.8) is 0 Å². The van der Waals surface area contributed by atoms with Crippen molar-refractivity contribution in [1.29, 1.82) is 0 Å². The Kier molecular flexibility index (Phi) is 21.8. The second-order valence-corrected chi connectivity index (χ2v) is 22.8. The van der Waals surface area contributed by atoms with E-state index in [0.717, 1.165) is 71.2 Å². The first-order chi connectivity index (χ1) is 39.0. The number of benzene rings is 4. The zero-order valence-electron chi connectivity index (χ0n) is 47.6. The van der Waals surface area contributed by atoms with Gasteiger partial charge in [-0.25, -0.2) is 23.1 Å². The highest BCUT2D eigenvalue weighted by molar-refractivity contribution is 7.88. The van der Waals surface area contributed by atoms with Crippen LogP contribution in [0.5, 0.6) is 11.5 Å². The minimum atomic E-state index is -3.74. The van der Waals surface area contributed by atoms with Gasteiger partial charge in [-0.2, -0.15) is 0 Å². The minimum absolute atomic E-state index is 0.0119. The van der Waals surface area contributed by atoms with Crippen LogP contribution in [0.15, 0.2) is 128 Å². The lowest BCUT2D eigenvalue weighted by molar-refractivity contribution is -0.175. The molecule has 434 valence electrons. The Morgan fingerprint density at radius 1 is 0.654 bits per heavy atom. The van der Waals surface area contributed by atoms with Crippen molar-refractivity contribution in [3.05, 3.63) is 167 Å². The summed E-state index contributed by atoms with van der Waals surface area (Å²) < 4.78 is 49.9. The highest BCUT2D eigenvalue weighted by Gasteiger charge is 2.51. The molecule has 4 unspecified atom stereocenters. The number of carbonyl (C=O) groups excluding carboxylic acids is 4. The largest absolute Gasteiger partial charge is 0.497 e. The van der Waals surface area contributed by atoms with E-state index in [0.29, 0.717) is 57.3 Å². The molecule has 6 aromatic rings. The Bertz CT molecular complexity index is 3040. The van der Waals surface area contributed by atoms with Gasteiger partial charge in [0.05, 0.1) is 70.7 Å². The Morgan fingerprint density at radius 2 is 1.17 bits per heavy atom. The number of likely N-dealkylation sites (tertiary alicyclic amines) is 2. The lowest BCUT2D eigenvalue weighted by Gasteiger charge is -2.51. The van der Waals surface area contributed by atoms with E-state index in [2.05, 4.69) is 68.2 Å². The summed E-state index contributed by atoms with van der Waals surface area (Å²) in [4.78, 5) is 72.0. The number of amides is 4. The molecular weight excluding hydrogens is 1050 g/mol. The number of rotatable bonds is 28. The van der Waals surface area contributed by atoms with Gasteiger partial charge in [0.15, 0.2) is 0 Å². The molecule has 81 heavy (non-hydrogen) atoms. The first-order valence-electron chi connectivity index (χ1n) is 27.7. The van der Waals surface area contributed by atoms with Crippen molar-refractivity contribution in [2.45, 2.75) is 114 Å². The van der Waals surface area contributed by atoms with Crippen LogP contribution < -0.4 is 24.8 Å². The van der Waals surface area contributed by atoms with Crippen LogP contribution in [0.4, 0.5) is 0 Å². The van der Waals surface area contributed by atoms with Gasteiger partial charge in [0.25, 0.3) is 0 Å². The number of nitrogens with one attached hydrogen (secondary N) is 5. The highest BCUT2D eigenvalue weighted by Crippen LogP contribution is 2.39. The Morgan fingerprint density at radius 3 is 1.68 bits per heavy atom. The van der Waals surface area contributed by atoms with Gasteiger partial charge in [0, 0.05) is 57.2 Å². The predicted octanol–water partition coefficient (Wildman–Crippen LogP) is 6.66. The van der Waals surface area contributed by atoms with E-state index in [9.17, 15) is 27.6 Å². The van der Waals surface area contributed by atoms with Crippen molar-refractivity contribution in [1.82, 2.24) is 45.1 Å². The first-order valence-corrected chi connectivity index (χ1v) is 29.6. The molecule has 2 aliphatic heterocycles. The van der Waals surface area contributed by atoms with E-state index in [4.69, 9.17) is 18.9 Å². The molecule has 0 spiro atoms. The molecule has 4 amide bonds. The number of nitrogens with zero attached hydrogens (tertiary/aromatic N) is 4. The molecule has 4 aromatic carbocycles. The molecule has 8 rings (SSSR count). The van der Waals surface area contributed by atoms with Gasteiger partial charge >= 0.3 is 0 Å². The molecule has 2 fully saturated rings. The molecule has 0 radical (unpaired) electrons. The summed E-state index contributed by atoms with van der Waals surface area (Å²) >= 11 is 0. The number of carbonyl (C=O) groups is 4. The van der Waals surface area contributed by atoms with Crippen LogP contribution in [-0.4, -0.2) is 140 Å². The molecule has 0 bridgehead atoms. The smallest absolute Gasteiger partial charge is 0.245 e. The zero-order valence-corrected chi connectivity index (χ0v) is 48.4. The van der Waals surface area contributed by atoms with Crippen LogP contribution in [0.25, 0.3) is 0 Å². The van der Waals surface area contributed by atoms with Crippen molar-refractivity contribution in [2.24, 2.45) is 0 Å². The summed E-state index contributed by atoms with van der Waals surface area (Å²) in [6.45, 7) is 11.1. The lowest BCUT2D eigenvalue weighted by Crippen LogP contribution is -2.66. The molecule has 0 saturated carbocycles. The summed E-state index contributed by atoms with van der Waals surface area (Å²) in [6, 6.07) is 30.1. The normalized spacial score (nSPS) is 15.8. The van der Waals surface area contributed by atoms with E-state index in [1.54, 1.807) is 50.0 Å². The number of H-pyrrole nitrogens is 2. The van der Waals surface area contributed by atoms with Crippen LogP contribution >= 0.6 is 0 Å². The summed E-state index contributed by atoms with van der Waals surface area (Å²) in [5.41, 5.74) is 5.19. The number of unbranched alkanes of at least 4 members (excludes halogenated alkanes) is 2. The van der Waals surface area contributed by atoms with Crippen molar-refractivity contribution >= 4 is 33.7 Å². The zero-order chi connectivity index (χ0) is 58.0. The number of imidazole rings is 2. The molecular formula is C61H79N9O10S. The summed E-state index contributed by atoms with van der Waals surface area (Å²) in [5, 5.41) is 5.86. The third kappa shape index (κ3) is 16.8. The molecule has 4 heterocycles. The Labute approximate surface area is 476 Å². The Hall–Kier alpha value is -7.39. The molecule has 4 atom stereocenters. The highest BCUT2D eigenvalue weighted by atomic mass is 32.2. The number of aromatic amines is 2. The second kappa shape index (κ2) is 28.8. The lowest BCUT2D eigenvalue weighted by atomic mass is 9.82. The van der Waals surface area contributed by atoms with Gasteiger partial charge < -0.3 is 49.3 Å². The fourth-order valence-electron chi connectivity index (χ4n) is 10.1. The number of hydrogen-bond donors (Lipinski definition) is 5. The maximum Gasteiger partial charge on any atom is 0.245 e. The van der Waals surface area contributed by atoms with Crippen LogP contribution in [0.2, 0.25) is 0 Å². The number of aromatic nitrogens is 4. The van der Waals surface area contributed by atoms with Gasteiger partial charge in [0.1, 0.15) is 40.8 Å². The summed E-state index contributed by atoms with van der Waals surface area (Å²) in [5.74, 6) is 0.164. The number of ether oxygens (including phenoxy) is 4. The maximum absolute atomic E-state index is 13.9. The van der Waals surface area contributed by atoms with Crippen molar-refractivity contribution in [2.75, 3.05) is 59.9 Å². The third-order valence-corrected chi connectivity index (χ3v) is 15.4. The van der Waals surface area contributed by atoms with Crippen LogP contribution in [0.3, 0.4) is 0 Å². The number of hydrogen-bond acceptors (Lipinski definition) is 12. The molecule has 20 heteroatoms. The fourth-order valence-corrected chi connectivity index (χ4v) is 10.8. The third-order valence-electron chi connectivity index (χ3n) is 14.7. The standard InChI is InChI=1S/C31H40N4O4.C30H39N5O6S/c1-5-6-15-39-31(26-10-8-7-9-22(26)2)19-35(20-31)30(37)27(17-24-11-13-25(38-4)14-12-24)34-29(36)16-23(3)28-18-32-21-33-28;1-4-5-15-41-30(23-9-7-6-8-10-23)19-35(20-30)29(37)27(16-22-11-13-25(40-2)14-12-22)33-28(36)26(34-42(3,38)39)17-24-18-31-21-32-24/h7-14,18,21,23,27H,5-6,15-17,19-20H2,1-4H3,(H,32,33)(H,34,36);6-14,18,21,26-27,34H,4-5,15-17,19-20H2,1-3H3,(H,31,32)(H,33,36). The minimum Gasteiger partial charge on any atom is -0.497 e. The molecule has 5 N–H and O–H groups in total. The molecule has 2 saturated heterocycles. The Balaban J connectivity index is 0.000000234. The first kappa shape index (κ1) is 61.2. The molecule has 19 nitrogen and oxygen atoms in total. The van der Waals surface area contributed by atoms with Gasteiger partial charge in [-0.3, -0.25) is 19.2 Å². The van der Waals surface area contributed by atoms with E-state index >= 15 is 0 Å². The number of sulfonamides is 1. The van der Waals surface area contributed by atoms with Crippen LogP contribution in [0, 0.1) is 6.92 Å². The van der Waals surface area contributed by atoms with Crippen LogP contribution in [0.1, 0.15) is 98.0 Å². The SMILES string of the molecule is CCCCOC1(c2ccccc2)CN(C(=O)C(Cc2ccc(OC)cc2)NC(=O)C(Cc2c[nH]cn2)NS(C)(=O)=O)C1.CCCCOC1(c2ccccc2C)CN(C(=O)C(Cc2ccc(OC)cc2)NC(=O)CC(C)c2c[nH]cn2)C1. The molecule has 2 aliphatic rings. The van der Waals surface area contributed by atoms with Gasteiger partial charge in [-0.05, 0) is 71.8 Å². The summed E-state index contributed by atoms with van der Waals surface area (Å²) in [6.07, 6.45) is 12.2. The fraction of sp³-hybridized carbons (Fsp3) is 0.443. The maximum atomic E-state index is 13.9. The topological polar surface area (TPSA) is 239 Å². The number of methoxy groups -OCH3 is 2. The van der Waals surface area contributed by atoms with Gasteiger partial charge in [-0.15, -0.1) is 0 Å². The van der Waals surface area contributed by atoms with E-state index in [1.165, 1.54) is 6.33 Å². The van der Waals surface area contributed by atoms with Gasteiger partial charge in [-0.1, -0.05) is 112 Å². The van der Waals surface area contributed by atoms with Crippen molar-refractivity contribution < 1.29 is 46.5 Å². The van der Waals surface area contributed by atoms with E-state index in [-0.39, 0.29) is 42.9 Å². The second-order valence-electron chi connectivity index (χ2n) is 21.1. The van der Waals surface area contributed by atoms with E-state index in [1.807, 2.05) is 90.7 Å². The van der Waals surface area contributed by atoms with Crippen molar-refractivity contribution in [3.8, 4) is 11.5 Å². The average molecular weight is 1130 g/mol. The van der Waals surface area contributed by atoms with E-state index < -0.39 is 45.3 Å². The molecule has 2 aromatic heterocycles. The molecule has 0 aliphatic carbocycles. The number of aryl methyl sites for hydroxylation is 1.